The van der Waals surface area contributed by atoms with Crippen LogP contribution in [0.5, 0.6) is 0 Å². The van der Waals surface area contributed by atoms with Gasteiger partial charge in [-0.15, -0.1) is 0 Å². The molecule has 0 radical (unpaired) electrons. The summed E-state index contributed by atoms with van der Waals surface area (Å²) < 4.78 is 7.18. The second kappa shape index (κ2) is 5.45. The van der Waals surface area contributed by atoms with Gasteiger partial charge in [-0.05, 0) is 26.0 Å². The van der Waals surface area contributed by atoms with Gasteiger partial charge in [0.2, 0.25) is 5.82 Å². The monoisotopic (exact) mass is 284 g/mol. The van der Waals surface area contributed by atoms with E-state index in [1.807, 2.05) is 36.7 Å². The van der Waals surface area contributed by atoms with Gasteiger partial charge in [0.15, 0.2) is 0 Å². The molecule has 0 fully saturated rings. The standard InChI is InChI=1S/C14H16N6O/c1-9-5-11(6-10(2)17-9)13-18-14(21-19-13)12-7-20(4-3-15)8-16-12/h5-8H,3-4,15H2,1-2H3. The van der Waals surface area contributed by atoms with Crippen molar-refractivity contribution in [1.82, 2.24) is 24.7 Å². The molecule has 0 aliphatic heterocycles. The van der Waals surface area contributed by atoms with Gasteiger partial charge in [-0.2, -0.15) is 4.98 Å². The average Bonchev–Trinajstić information content (AvgIpc) is 3.06. The molecule has 108 valence electrons. The van der Waals surface area contributed by atoms with E-state index in [0.717, 1.165) is 17.0 Å². The highest BCUT2D eigenvalue weighted by Crippen LogP contribution is 2.21. The Balaban J connectivity index is 1.91. The summed E-state index contributed by atoms with van der Waals surface area (Å²) in [6.45, 7) is 5.13. The van der Waals surface area contributed by atoms with Crippen LogP contribution >= 0.6 is 0 Å². The molecule has 0 aromatic carbocycles. The highest BCUT2D eigenvalue weighted by atomic mass is 16.5. The average molecular weight is 284 g/mol. The summed E-state index contributed by atoms with van der Waals surface area (Å²) in [5.74, 6) is 0.930. The topological polar surface area (TPSA) is 95.7 Å². The third kappa shape index (κ3) is 2.82. The maximum Gasteiger partial charge on any atom is 0.278 e. The molecular formula is C14H16N6O. The van der Waals surface area contributed by atoms with E-state index in [-0.39, 0.29) is 0 Å². The Morgan fingerprint density at radius 2 is 1.95 bits per heavy atom. The number of aryl methyl sites for hydroxylation is 2. The van der Waals surface area contributed by atoms with Gasteiger partial charge >= 0.3 is 0 Å². The van der Waals surface area contributed by atoms with E-state index in [4.69, 9.17) is 10.3 Å². The number of hydrogen-bond donors (Lipinski definition) is 1. The van der Waals surface area contributed by atoms with E-state index in [1.54, 1.807) is 6.33 Å². The minimum absolute atomic E-state index is 0.396. The first-order valence-electron chi connectivity index (χ1n) is 6.67. The van der Waals surface area contributed by atoms with Crippen LogP contribution in [0.4, 0.5) is 0 Å². The quantitative estimate of drug-likeness (QED) is 0.781. The molecule has 0 unspecified atom stereocenters. The van der Waals surface area contributed by atoms with Crippen molar-refractivity contribution in [3.63, 3.8) is 0 Å². The van der Waals surface area contributed by atoms with Crippen LogP contribution in [0, 0.1) is 13.8 Å². The molecule has 3 rings (SSSR count). The lowest BCUT2D eigenvalue weighted by molar-refractivity contribution is 0.431. The lowest BCUT2D eigenvalue weighted by atomic mass is 10.2. The predicted octanol–water partition coefficient (Wildman–Crippen LogP) is 1.57. The Kier molecular flexibility index (Phi) is 3.49. The second-order valence-electron chi connectivity index (χ2n) is 4.85. The van der Waals surface area contributed by atoms with Crippen molar-refractivity contribution in [2.45, 2.75) is 20.4 Å². The molecule has 0 atom stereocenters. The Morgan fingerprint density at radius 3 is 2.67 bits per heavy atom. The van der Waals surface area contributed by atoms with Crippen LogP contribution < -0.4 is 5.73 Å². The number of nitrogens with two attached hydrogens (primary N) is 1. The van der Waals surface area contributed by atoms with Crippen molar-refractivity contribution in [2.75, 3.05) is 6.54 Å². The number of rotatable bonds is 4. The first kappa shape index (κ1) is 13.4. The van der Waals surface area contributed by atoms with Crippen LogP contribution in [-0.2, 0) is 6.54 Å². The lowest BCUT2D eigenvalue weighted by Gasteiger charge is -1.98. The Morgan fingerprint density at radius 1 is 1.19 bits per heavy atom. The van der Waals surface area contributed by atoms with E-state index >= 15 is 0 Å². The zero-order chi connectivity index (χ0) is 14.8. The number of nitrogens with zero attached hydrogens (tertiary/aromatic N) is 5. The normalized spacial score (nSPS) is 11.0. The van der Waals surface area contributed by atoms with Crippen molar-refractivity contribution in [3.05, 3.63) is 36.0 Å². The summed E-state index contributed by atoms with van der Waals surface area (Å²) in [4.78, 5) is 13.0. The molecule has 0 spiro atoms. The Hall–Kier alpha value is -2.54. The zero-order valence-corrected chi connectivity index (χ0v) is 11.9. The number of pyridine rings is 1. The van der Waals surface area contributed by atoms with Crippen LogP contribution in [0.15, 0.2) is 29.2 Å². The van der Waals surface area contributed by atoms with Crippen molar-refractivity contribution >= 4 is 0 Å². The molecule has 0 aliphatic rings. The molecule has 0 saturated heterocycles. The minimum Gasteiger partial charge on any atom is -0.335 e. The second-order valence-corrected chi connectivity index (χ2v) is 4.85. The molecule has 0 aliphatic carbocycles. The summed E-state index contributed by atoms with van der Waals surface area (Å²) in [6, 6.07) is 3.85. The Labute approximate surface area is 121 Å². The molecule has 0 bridgehead atoms. The maximum atomic E-state index is 5.51. The van der Waals surface area contributed by atoms with Crippen LogP contribution in [0.3, 0.4) is 0 Å². The number of imidazole rings is 1. The number of hydrogen-bond acceptors (Lipinski definition) is 6. The van der Waals surface area contributed by atoms with E-state index < -0.39 is 0 Å². The van der Waals surface area contributed by atoms with Gasteiger partial charge in [0, 0.05) is 36.2 Å². The number of aromatic nitrogens is 5. The van der Waals surface area contributed by atoms with Crippen LogP contribution in [0.2, 0.25) is 0 Å². The van der Waals surface area contributed by atoms with E-state index in [2.05, 4.69) is 20.1 Å². The fourth-order valence-corrected chi connectivity index (χ4v) is 2.15. The van der Waals surface area contributed by atoms with Crippen molar-refractivity contribution in [1.29, 1.82) is 0 Å². The summed E-state index contributed by atoms with van der Waals surface area (Å²) in [7, 11) is 0. The minimum atomic E-state index is 0.396. The molecule has 3 heterocycles. The molecule has 0 saturated carbocycles. The summed E-state index contributed by atoms with van der Waals surface area (Å²) in [5.41, 5.74) is 8.88. The summed E-state index contributed by atoms with van der Waals surface area (Å²) in [5, 5.41) is 4.01. The van der Waals surface area contributed by atoms with Gasteiger partial charge in [0.25, 0.3) is 5.89 Å². The van der Waals surface area contributed by atoms with E-state index in [0.29, 0.717) is 30.5 Å². The first-order chi connectivity index (χ1) is 10.2. The fourth-order valence-electron chi connectivity index (χ4n) is 2.15. The van der Waals surface area contributed by atoms with Crippen LogP contribution in [0.1, 0.15) is 11.4 Å². The van der Waals surface area contributed by atoms with Gasteiger partial charge in [0.05, 0.1) is 6.33 Å². The van der Waals surface area contributed by atoms with Crippen LogP contribution in [-0.4, -0.2) is 31.2 Å². The van der Waals surface area contributed by atoms with E-state index in [1.165, 1.54) is 0 Å². The molecule has 7 heteroatoms. The third-order valence-electron chi connectivity index (χ3n) is 3.01. The smallest absolute Gasteiger partial charge is 0.278 e. The molecule has 3 aromatic rings. The third-order valence-corrected chi connectivity index (χ3v) is 3.01. The molecule has 2 N–H and O–H groups in total. The van der Waals surface area contributed by atoms with Gasteiger partial charge in [-0.1, -0.05) is 5.16 Å². The molecular weight excluding hydrogens is 268 g/mol. The van der Waals surface area contributed by atoms with Gasteiger partial charge in [0.1, 0.15) is 5.69 Å². The highest BCUT2D eigenvalue weighted by Gasteiger charge is 2.13. The highest BCUT2D eigenvalue weighted by molar-refractivity contribution is 5.58. The molecule has 21 heavy (non-hydrogen) atoms. The zero-order valence-electron chi connectivity index (χ0n) is 11.9. The SMILES string of the molecule is Cc1cc(-c2noc(-c3cn(CCN)cn3)n2)cc(C)n1. The fraction of sp³-hybridized carbons (Fsp3) is 0.286. The first-order valence-corrected chi connectivity index (χ1v) is 6.67. The Bertz CT molecular complexity index is 740. The molecule has 7 nitrogen and oxygen atoms in total. The van der Waals surface area contributed by atoms with Crippen molar-refractivity contribution in [2.24, 2.45) is 5.73 Å². The van der Waals surface area contributed by atoms with Crippen LogP contribution in [0.25, 0.3) is 23.0 Å². The van der Waals surface area contributed by atoms with Crippen molar-refractivity contribution in [3.8, 4) is 23.0 Å². The van der Waals surface area contributed by atoms with Crippen molar-refractivity contribution < 1.29 is 4.52 Å². The maximum absolute atomic E-state index is 5.51. The lowest BCUT2D eigenvalue weighted by Crippen LogP contribution is -2.07. The molecule has 3 aromatic heterocycles. The summed E-state index contributed by atoms with van der Waals surface area (Å²) >= 11 is 0. The van der Waals surface area contributed by atoms with Gasteiger partial charge in [-0.3, -0.25) is 4.98 Å². The largest absolute Gasteiger partial charge is 0.335 e. The van der Waals surface area contributed by atoms with Gasteiger partial charge < -0.3 is 14.8 Å². The van der Waals surface area contributed by atoms with Gasteiger partial charge in [-0.25, -0.2) is 4.98 Å². The van der Waals surface area contributed by atoms with E-state index in [9.17, 15) is 0 Å². The predicted molar refractivity (Wildman–Crippen MR) is 77.3 cm³/mol. The molecule has 0 amide bonds. The summed E-state index contributed by atoms with van der Waals surface area (Å²) in [6.07, 6.45) is 3.54.